The normalized spacial score (nSPS) is 14.9. The highest BCUT2D eigenvalue weighted by molar-refractivity contribution is 5.73. The summed E-state index contributed by atoms with van der Waals surface area (Å²) in [7, 11) is 0. The number of hydrogen-bond donors (Lipinski definition) is 2. The van der Waals surface area contributed by atoms with Crippen molar-refractivity contribution in [2.75, 3.05) is 0 Å². The van der Waals surface area contributed by atoms with Crippen molar-refractivity contribution in [1.29, 1.82) is 0 Å². The van der Waals surface area contributed by atoms with Crippen LogP contribution in [0.4, 0.5) is 0 Å². The Morgan fingerprint density at radius 3 is 2.42 bits per heavy atom. The minimum atomic E-state index is -0.812. The van der Waals surface area contributed by atoms with Crippen molar-refractivity contribution in [2.24, 2.45) is 5.41 Å². The molecular formula is C14H23N3O2. The Morgan fingerprint density at radius 1 is 1.37 bits per heavy atom. The van der Waals surface area contributed by atoms with Gasteiger partial charge in [-0.1, -0.05) is 20.8 Å². The SMILES string of the molecule is C[C@@H](N[C@@H](CCC(C)(C)C)C(=O)O)c1cncnc1. The molecule has 5 heteroatoms. The summed E-state index contributed by atoms with van der Waals surface area (Å²) in [6.07, 6.45) is 6.33. The Labute approximate surface area is 114 Å². The number of nitrogens with one attached hydrogen (secondary N) is 1. The van der Waals surface area contributed by atoms with E-state index in [-0.39, 0.29) is 11.5 Å². The van der Waals surface area contributed by atoms with E-state index in [1.54, 1.807) is 12.4 Å². The van der Waals surface area contributed by atoms with Gasteiger partial charge in [-0.3, -0.25) is 10.1 Å². The topological polar surface area (TPSA) is 75.1 Å². The quantitative estimate of drug-likeness (QED) is 0.826. The summed E-state index contributed by atoms with van der Waals surface area (Å²) >= 11 is 0. The van der Waals surface area contributed by atoms with Crippen LogP contribution in [-0.2, 0) is 4.79 Å². The van der Waals surface area contributed by atoms with Crippen molar-refractivity contribution < 1.29 is 9.90 Å². The number of aromatic nitrogens is 2. The molecule has 19 heavy (non-hydrogen) atoms. The second-order valence-corrected chi connectivity index (χ2v) is 6.05. The molecule has 1 aromatic heterocycles. The average molecular weight is 265 g/mol. The van der Waals surface area contributed by atoms with Crippen LogP contribution in [0, 0.1) is 5.41 Å². The maximum atomic E-state index is 11.3. The van der Waals surface area contributed by atoms with Gasteiger partial charge in [0.05, 0.1) is 0 Å². The van der Waals surface area contributed by atoms with Crippen LogP contribution in [0.15, 0.2) is 18.7 Å². The third-order valence-electron chi connectivity index (χ3n) is 3.01. The molecule has 0 fully saturated rings. The number of carboxylic acid groups (broad SMARTS) is 1. The van der Waals surface area contributed by atoms with Gasteiger partial charge in [-0.2, -0.15) is 0 Å². The van der Waals surface area contributed by atoms with E-state index in [0.29, 0.717) is 6.42 Å². The molecule has 0 radical (unpaired) electrons. The zero-order valence-electron chi connectivity index (χ0n) is 12.1. The van der Waals surface area contributed by atoms with Crippen LogP contribution < -0.4 is 5.32 Å². The lowest BCUT2D eigenvalue weighted by molar-refractivity contribution is -0.140. The first-order valence-corrected chi connectivity index (χ1v) is 6.53. The first-order chi connectivity index (χ1) is 8.79. The molecule has 5 nitrogen and oxygen atoms in total. The number of aliphatic carboxylic acids is 1. The summed E-state index contributed by atoms with van der Waals surface area (Å²) in [6.45, 7) is 8.26. The average Bonchev–Trinajstić information content (AvgIpc) is 2.33. The van der Waals surface area contributed by atoms with Crippen molar-refractivity contribution >= 4 is 5.97 Å². The van der Waals surface area contributed by atoms with E-state index < -0.39 is 12.0 Å². The van der Waals surface area contributed by atoms with Gasteiger partial charge in [0.2, 0.25) is 0 Å². The van der Waals surface area contributed by atoms with Gasteiger partial charge in [-0.25, -0.2) is 9.97 Å². The summed E-state index contributed by atoms with van der Waals surface area (Å²) in [5.41, 5.74) is 1.03. The van der Waals surface area contributed by atoms with Crippen molar-refractivity contribution in [3.63, 3.8) is 0 Å². The lowest BCUT2D eigenvalue weighted by Crippen LogP contribution is -2.39. The molecule has 0 amide bonds. The van der Waals surface area contributed by atoms with E-state index in [2.05, 4.69) is 36.1 Å². The van der Waals surface area contributed by atoms with E-state index >= 15 is 0 Å². The van der Waals surface area contributed by atoms with Crippen LogP contribution in [0.1, 0.15) is 52.1 Å². The van der Waals surface area contributed by atoms with Crippen LogP contribution >= 0.6 is 0 Å². The Kier molecular flexibility index (Phi) is 5.42. The van der Waals surface area contributed by atoms with Gasteiger partial charge >= 0.3 is 5.97 Å². The zero-order valence-corrected chi connectivity index (χ0v) is 12.1. The molecule has 0 aliphatic heterocycles. The number of nitrogens with zero attached hydrogens (tertiary/aromatic N) is 2. The molecule has 0 saturated carbocycles. The number of hydrogen-bond acceptors (Lipinski definition) is 4. The fraction of sp³-hybridized carbons (Fsp3) is 0.643. The van der Waals surface area contributed by atoms with Crippen molar-refractivity contribution in [2.45, 2.75) is 52.6 Å². The molecule has 0 saturated heterocycles. The van der Waals surface area contributed by atoms with Crippen LogP contribution in [0.5, 0.6) is 0 Å². The summed E-state index contributed by atoms with van der Waals surface area (Å²) in [4.78, 5) is 19.2. The van der Waals surface area contributed by atoms with E-state index in [1.165, 1.54) is 6.33 Å². The van der Waals surface area contributed by atoms with E-state index in [9.17, 15) is 9.90 Å². The Balaban J connectivity index is 2.61. The molecule has 0 aliphatic carbocycles. The molecule has 0 bridgehead atoms. The predicted octanol–water partition coefficient (Wildman–Crippen LogP) is 2.41. The van der Waals surface area contributed by atoms with Gasteiger partial charge < -0.3 is 5.11 Å². The van der Waals surface area contributed by atoms with Gasteiger partial charge in [0.15, 0.2) is 0 Å². The van der Waals surface area contributed by atoms with Crippen LogP contribution in [0.2, 0.25) is 0 Å². The summed E-state index contributed by atoms with van der Waals surface area (Å²) in [6, 6.07) is -0.628. The van der Waals surface area contributed by atoms with Crippen molar-refractivity contribution in [1.82, 2.24) is 15.3 Å². The summed E-state index contributed by atoms with van der Waals surface area (Å²) in [5, 5.41) is 12.4. The number of carboxylic acids is 1. The molecule has 0 aliphatic rings. The molecule has 1 rings (SSSR count). The summed E-state index contributed by atoms with van der Waals surface area (Å²) in [5.74, 6) is -0.812. The van der Waals surface area contributed by atoms with Gasteiger partial charge in [-0.05, 0) is 25.2 Å². The fourth-order valence-corrected chi connectivity index (χ4v) is 1.79. The molecule has 0 spiro atoms. The van der Waals surface area contributed by atoms with Gasteiger partial charge in [0, 0.05) is 24.0 Å². The second-order valence-electron chi connectivity index (χ2n) is 6.05. The highest BCUT2D eigenvalue weighted by Crippen LogP contribution is 2.22. The van der Waals surface area contributed by atoms with Gasteiger partial charge in [-0.15, -0.1) is 0 Å². The van der Waals surface area contributed by atoms with E-state index in [4.69, 9.17) is 0 Å². The molecular weight excluding hydrogens is 242 g/mol. The van der Waals surface area contributed by atoms with Crippen LogP contribution in [-0.4, -0.2) is 27.1 Å². The minimum absolute atomic E-state index is 0.0812. The number of rotatable bonds is 6. The first kappa shape index (κ1) is 15.6. The van der Waals surface area contributed by atoms with Crippen molar-refractivity contribution in [3.8, 4) is 0 Å². The van der Waals surface area contributed by atoms with Gasteiger partial charge in [0.25, 0.3) is 0 Å². The zero-order chi connectivity index (χ0) is 14.5. The van der Waals surface area contributed by atoms with Crippen LogP contribution in [0.25, 0.3) is 0 Å². The fourth-order valence-electron chi connectivity index (χ4n) is 1.79. The highest BCUT2D eigenvalue weighted by atomic mass is 16.4. The highest BCUT2D eigenvalue weighted by Gasteiger charge is 2.22. The Hall–Kier alpha value is -1.49. The molecule has 0 aromatic carbocycles. The maximum absolute atomic E-state index is 11.3. The minimum Gasteiger partial charge on any atom is -0.480 e. The third-order valence-corrected chi connectivity index (χ3v) is 3.01. The monoisotopic (exact) mass is 265 g/mol. The maximum Gasteiger partial charge on any atom is 0.320 e. The second kappa shape index (κ2) is 6.61. The summed E-state index contributed by atoms with van der Waals surface area (Å²) < 4.78 is 0. The molecule has 2 atom stereocenters. The lowest BCUT2D eigenvalue weighted by atomic mass is 9.88. The van der Waals surface area contributed by atoms with Crippen molar-refractivity contribution in [3.05, 3.63) is 24.3 Å². The standard InChI is InChI=1S/C14H23N3O2/c1-10(11-7-15-9-16-8-11)17-12(13(18)19)5-6-14(2,3)4/h7-10,12,17H,5-6H2,1-4H3,(H,18,19)/t10-,12+/m1/s1. The predicted molar refractivity (Wildman–Crippen MR) is 73.7 cm³/mol. The Bertz CT molecular complexity index is 401. The third kappa shape index (κ3) is 5.79. The number of carbonyl (C=O) groups is 1. The van der Waals surface area contributed by atoms with E-state index in [0.717, 1.165) is 12.0 Å². The molecule has 2 N–H and O–H groups in total. The largest absolute Gasteiger partial charge is 0.480 e. The van der Waals surface area contributed by atoms with Gasteiger partial charge in [0.1, 0.15) is 12.4 Å². The lowest BCUT2D eigenvalue weighted by Gasteiger charge is -2.24. The van der Waals surface area contributed by atoms with E-state index in [1.807, 2.05) is 6.92 Å². The molecule has 106 valence electrons. The smallest absolute Gasteiger partial charge is 0.320 e. The molecule has 1 heterocycles. The molecule has 1 aromatic rings. The Morgan fingerprint density at radius 2 is 1.95 bits per heavy atom. The van der Waals surface area contributed by atoms with Crippen LogP contribution in [0.3, 0.4) is 0 Å². The molecule has 0 unspecified atom stereocenters. The first-order valence-electron chi connectivity index (χ1n) is 6.53.